The number of cyclic esters (lactones) is 1. The molecule has 0 amide bonds. The zero-order valence-electron chi connectivity index (χ0n) is 16.4. The van der Waals surface area contributed by atoms with Crippen LogP contribution in [0.25, 0.3) is 0 Å². The summed E-state index contributed by atoms with van der Waals surface area (Å²) in [6.45, 7) is 2.70. The van der Waals surface area contributed by atoms with Crippen molar-refractivity contribution in [2.24, 2.45) is 11.8 Å². The molecule has 2 heterocycles. The van der Waals surface area contributed by atoms with Crippen LogP contribution in [0.1, 0.15) is 35.4 Å². The number of rotatable bonds is 3. The lowest BCUT2D eigenvalue weighted by molar-refractivity contribution is -0.141. The van der Waals surface area contributed by atoms with E-state index in [1.807, 2.05) is 12.1 Å². The minimum atomic E-state index is -0.336. The van der Waals surface area contributed by atoms with Crippen LogP contribution < -0.4 is 18.9 Å². The average molecular weight is 398 g/mol. The summed E-state index contributed by atoms with van der Waals surface area (Å²) in [5.74, 6) is 1.27. The maximum atomic E-state index is 12.8. The third-order valence-corrected chi connectivity index (χ3v) is 6.42. The average Bonchev–Trinajstić information content (AvgIpc) is 3.34. The number of fused-ring (bicyclic) bond motifs is 3. The van der Waals surface area contributed by atoms with Crippen molar-refractivity contribution in [3.63, 3.8) is 0 Å². The number of ether oxygens (including phenoxy) is 5. The fourth-order valence-electron chi connectivity index (χ4n) is 4.93. The van der Waals surface area contributed by atoms with Crippen molar-refractivity contribution in [2.75, 3.05) is 27.6 Å². The highest BCUT2D eigenvalue weighted by Crippen LogP contribution is 2.55. The summed E-state index contributed by atoms with van der Waals surface area (Å²) < 4.78 is 27.4. The molecule has 29 heavy (non-hydrogen) atoms. The number of phenolic OH excluding ortho intramolecular Hbond substituents is 1. The molecule has 0 saturated carbocycles. The molecule has 152 valence electrons. The van der Waals surface area contributed by atoms with Gasteiger partial charge in [0.1, 0.15) is 0 Å². The van der Waals surface area contributed by atoms with Crippen molar-refractivity contribution in [3.8, 4) is 28.7 Å². The number of hydrogen-bond donors (Lipinski definition) is 1. The second-order valence-corrected chi connectivity index (χ2v) is 7.69. The zero-order chi connectivity index (χ0) is 20.3. The molecule has 7 nitrogen and oxygen atoms in total. The van der Waals surface area contributed by atoms with Gasteiger partial charge in [0.15, 0.2) is 23.0 Å². The fraction of sp³-hybridized carbons (Fsp3) is 0.409. The van der Waals surface area contributed by atoms with Crippen LogP contribution in [-0.2, 0) is 9.53 Å². The van der Waals surface area contributed by atoms with E-state index < -0.39 is 0 Å². The Morgan fingerprint density at radius 1 is 0.966 bits per heavy atom. The fourth-order valence-corrected chi connectivity index (χ4v) is 4.93. The molecular weight excluding hydrogens is 376 g/mol. The molecular formula is C22H22O7. The van der Waals surface area contributed by atoms with Crippen LogP contribution in [0, 0.1) is 11.8 Å². The van der Waals surface area contributed by atoms with Crippen LogP contribution in [0.2, 0.25) is 0 Å². The Kier molecular flexibility index (Phi) is 4.01. The number of esters is 1. The van der Waals surface area contributed by atoms with E-state index in [9.17, 15) is 9.90 Å². The topological polar surface area (TPSA) is 83.5 Å². The normalized spacial score (nSPS) is 26.5. The van der Waals surface area contributed by atoms with Gasteiger partial charge in [-0.2, -0.15) is 0 Å². The molecule has 2 aromatic carbocycles. The highest BCUT2D eigenvalue weighted by molar-refractivity contribution is 5.79. The van der Waals surface area contributed by atoms with Crippen LogP contribution >= 0.6 is 0 Å². The SMILES string of the molecule is COc1cc([C@@H]2c3cc4c(cc3[C@@H](C)[C@H]3COC(=O)[C@H]23)OCO4)cc(OC)c1O. The van der Waals surface area contributed by atoms with Crippen LogP contribution in [0.3, 0.4) is 0 Å². The van der Waals surface area contributed by atoms with Crippen molar-refractivity contribution < 1.29 is 33.6 Å². The van der Waals surface area contributed by atoms with Gasteiger partial charge in [-0.3, -0.25) is 4.79 Å². The van der Waals surface area contributed by atoms with Crippen LogP contribution in [0.4, 0.5) is 0 Å². The maximum Gasteiger partial charge on any atom is 0.310 e. The van der Waals surface area contributed by atoms with Crippen LogP contribution in [-0.4, -0.2) is 38.7 Å². The standard InChI is InChI=1S/C22H22O7/c1-10-12-6-15-16(29-9-28-15)7-13(12)19(20-14(10)8-27-22(20)24)11-4-17(25-2)21(23)18(5-11)26-3/h4-7,10,14,19-20,23H,8-9H2,1-3H3/t10-,14-,19-,20+/m1/s1. The molecule has 1 N–H and O–H groups in total. The van der Waals surface area contributed by atoms with E-state index in [-0.39, 0.29) is 42.2 Å². The van der Waals surface area contributed by atoms with Gasteiger partial charge >= 0.3 is 5.97 Å². The molecule has 0 radical (unpaired) electrons. The summed E-state index contributed by atoms with van der Waals surface area (Å²) in [6.07, 6.45) is 0. The van der Waals surface area contributed by atoms with E-state index in [0.717, 1.165) is 22.4 Å². The van der Waals surface area contributed by atoms with Gasteiger partial charge in [-0.25, -0.2) is 0 Å². The first-order chi connectivity index (χ1) is 14.0. The molecule has 1 aliphatic carbocycles. The number of carbonyl (C=O) groups is 1. The second kappa shape index (κ2) is 6.47. The number of carbonyl (C=O) groups excluding carboxylic acids is 1. The maximum absolute atomic E-state index is 12.8. The number of hydrogen-bond acceptors (Lipinski definition) is 7. The number of phenols is 1. The van der Waals surface area contributed by atoms with Gasteiger partial charge in [-0.1, -0.05) is 6.92 Å². The third kappa shape index (κ3) is 2.53. The predicted octanol–water partition coefficient (Wildman–Crippen LogP) is 3.18. The van der Waals surface area contributed by atoms with E-state index in [2.05, 4.69) is 6.92 Å². The van der Waals surface area contributed by atoms with Gasteiger partial charge < -0.3 is 28.8 Å². The summed E-state index contributed by atoms with van der Waals surface area (Å²) in [6, 6.07) is 7.50. The predicted molar refractivity (Wildman–Crippen MR) is 102 cm³/mol. The molecule has 3 aliphatic rings. The molecule has 4 atom stereocenters. The van der Waals surface area contributed by atoms with Crippen molar-refractivity contribution in [1.29, 1.82) is 0 Å². The Balaban J connectivity index is 1.75. The lowest BCUT2D eigenvalue weighted by atomic mass is 9.63. The van der Waals surface area contributed by atoms with Gasteiger partial charge in [0.2, 0.25) is 12.5 Å². The molecule has 0 aromatic heterocycles. The van der Waals surface area contributed by atoms with Gasteiger partial charge in [0.05, 0.1) is 26.7 Å². The van der Waals surface area contributed by atoms with Crippen molar-refractivity contribution in [3.05, 3.63) is 41.0 Å². The Morgan fingerprint density at radius 2 is 1.59 bits per heavy atom. The molecule has 1 fully saturated rings. The van der Waals surface area contributed by atoms with Crippen molar-refractivity contribution in [2.45, 2.75) is 18.8 Å². The van der Waals surface area contributed by atoms with Gasteiger partial charge in [-0.05, 0) is 46.9 Å². The van der Waals surface area contributed by atoms with Crippen molar-refractivity contribution >= 4 is 5.97 Å². The molecule has 0 unspecified atom stereocenters. The lowest BCUT2D eigenvalue weighted by Crippen LogP contribution is -2.33. The lowest BCUT2D eigenvalue weighted by Gasteiger charge is -2.37. The second-order valence-electron chi connectivity index (χ2n) is 7.69. The first kappa shape index (κ1) is 18.0. The van der Waals surface area contributed by atoms with Crippen LogP contribution in [0.15, 0.2) is 24.3 Å². The quantitative estimate of drug-likeness (QED) is 0.795. The molecule has 2 aliphatic heterocycles. The molecule has 2 aromatic rings. The Hall–Kier alpha value is -3.09. The highest BCUT2D eigenvalue weighted by atomic mass is 16.7. The first-order valence-corrected chi connectivity index (χ1v) is 9.58. The third-order valence-electron chi connectivity index (χ3n) is 6.42. The first-order valence-electron chi connectivity index (χ1n) is 9.58. The molecule has 5 rings (SSSR count). The van der Waals surface area contributed by atoms with Crippen LogP contribution in [0.5, 0.6) is 28.7 Å². The minimum Gasteiger partial charge on any atom is -0.502 e. The summed E-state index contributed by atoms with van der Waals surface area (Å²) in [5.41, 5.74) is 2.93. The molecule has 7 heteroatoms. The van der Waals surface area contributed by atoms with E-state index >= 15 is 0 Å². The number of aromatic hydroxyl groups is 1. The molecule has 1 saturated heterocycles. The van der Waals surface area contributed by atoms with Gasteiger partial charge in [0.25, 0.3) is 0 Å². The highest BCUT2D eigenvalue weighted by Gasteiger charge is 2.51. The van der Waals surface area contributed by atoms with Gasteiger partial charge in [0, 0.05) is 11.8 Å². The minimum absolute atomic E-state index is 0.0474. The van der Waals surface area contributed by atoms with Gasteiger partial charge in [-0.15, -0.1) is 0 Å². The largest absolute Gasteiger partial charge is 0.502 e. The summed E-state index contributed by atoms with van der Waals surface area (Å²) in [5, 5.41) is 10.3. The summed E-state index contributed by atoms with van der Waals surface area (Å²) >= 11 is 0. The van der Waals surface area contributed by atoms with E-state index in [4.69, 9.17) is 23.7 Å². The van der Waals surface area contributed by atoms with E-state index in [0.29, 0.717) is 23.9 Å². The Labute approximate surface area is 168 Å². The molecule has 0 bridgehead atoms. The number of methoxy groups -OCH3 is 2. The number of benzene rings is 2. The monoisotopic (exact) mass is 398 g/mol. The summed E-state index contributed by atoms with van der Waals surface area (Å²) in [7, 11) is 2.97. The Morgan fingerprint density at radius 3 is 2.21 bits per heavy atom. The zero-order valence-corrected chi connectivity index (χ0v) is 16.4. The van der Waals surface area contributed by atoms with Crippen molar-refractivity contribution in [1.82, 2.24) is 0 Å². The summed E-state index contributed by atoms with van der Waals surface area (Å²) in [4.78, 5) is 12.8. The van der Waals surface area contributed by atoms with E-state index in [1.54, 1.807) is 12.1 Å². The molecule has 0 spiro atoms. The smallest absolute Gasteiger partial charge is 0.310 e. The Bertz CT molecular complexity index is 974. The van der Waals surface area contributed by atoms with E-state index in [1.165, 1.54) is 14.2 Å².